The van der Waals surface area contributed by atoms with Crippen molar-refractivity contribution in [1.82, 2.24) is 4.90 Å². The number of amides is 1. The van der Waals surface area contributed by atoms with Gasteiger partial charge in [-0.15, -0.1) is 0 Å². The molecule has 170 valence electrons. The number of nitrogens with zero attached hydrogens (tertiary/aromatic N) is 2. The lowest BCUT2D eigenvalue weighted by molar-refractivity contribution is -0.384. The third kappa shape index (κ3) is 6.36. The van der Waals surface area contributed by atoms with Gasteiger partial charge in [0, 0.05) is 35.7 Å². The Bertz CT molecular complexity index is 950. The quantitative estimate of drug-likeness (QED) is 0.439. The van der Waals surface area contributed by atoms with Crippen molar-refractivity contribution in [3.05, 3.63) is 69.8 Å². The third-order valence-electron chi connectivity index (χ3n) is 5.18. The fourth-order valence-corrected chi connectivity index (χ4v) is 4.74. The first kappa shape index (κ1) is 23.4. The maximum absolute atomic E-state index is 12.7. The topological polar surface area (TPSA) is 119 Å². The number of thioether (sulfide) groups is 1. The van der Waals surface area contributed by atoms with E-state index in [1.165, 1.54) is 29.2 Å². The normalized spacial score (nSPS) is 17.7. The molecule has 2 aromatic rings. The number of nitro benzene ring substituents is 1. The zero-order valence-corrected chi connectivity index (χ0v) is 18.3. The van der Waals surface area contributed by atoms with Crippen LogP contribution in [0.1, 0.15) is 24.0 Å². The van der Waals surface area contributed by atoms with Gasteiger partial charge in [0.25, 0.3) is 5.69 Å². The van der Waals surface area contributed by atoms with Crippen molar-refractivity contribution in [3.8, 4) is 5.75 Å². The average molecular weight is 461 g/mol. The number of benzene rings is 2. The van der Waals surface area contributed by atoms with Gasteiger partial charge in [-0.25, -0.2) is 4.79 Å². The number of hydrogen-bond acceptors (Lipinski definition) is 7. The van der Waals surface area contributed by atoms with Gasteiger partial charge in [-0.2, -0.15) is 11.8 Å². The molecule has 0 saturated carbocycles. The van der Waals surface area contributed by atoms with Gasteiger partial charge >= 0.3 is 12.1 Å². The lowest BCUT2D eigenvalue weighted by Gasteiger charge is -2.22. The summed E-state index contributed by atoms with van der Waals surface area (Å²) in [6, 6.07) is 13.0. The average Bonchev–Trinajstić information content (AvgIpc) is 3.18. The summed E-state index contributed by atoms with van der Waals surface area (Å²) in [5, 5.41) is 20.1. The number of carboxylic acid groups (broad SMARTS) is 1. The van der Waals surface area contributed by atoms with Crippen molar-refractivity contribution < 1.29 is 29.1 Å². The van der Waals surface area contributed by atoms with E-state index in [1.54, 1.807) is 18.9 Å². The van der Waals surface area contributed by atoms with Crippen LogP contribution in [-0.4, -0.2) is 51.9 Å². The standard InChI is InChI=1S/C22H24N2O7S/c1-30-19-8-4-16(5-9-19)14-32-20-10-18(11-21(25)26)23(12-20)22(27)31-13-15-2-6-17(7-3-15)24(28)29/h2-9,18,20H,10-14H2,1H3,(H,25,26)/t18-,20-/m0/s1. The number of carbonyl (C=O) groups excluding carboxylic acids is 1. The first-order valence-corrected chi connectivity index (χ1v) is 11.0. The van der Waals surface area contributed by atoms with Crippen molar-refractivity contribution in [2.45, 2.75) is 36.5 Å². The molecule has 1 saturated heterocycles. The summed E-state index contributed by atoms with van der Waals surface area (Å²) in [7, 11) is 1.61. The van der Waals surface area contributed by atoms with E-state index in [0.29, 0.717) is 18.5 Å². The Hall–Kier alpha value is -3.27. The molecule has 1 amide bonds. The van der Waals surface area contributed by atoms with E-state index in [-0.39, 0.29) is 24.0 Å². The second-order valence-electron chi connectivity index (χ2n) is 7.40. The molecule has 9 nitrogen and oxygen atoms in total. The van der Waals surface area contributed by atoms with Crippen LogP contribution in [0.3, 0.4) is 0 Å². The van der Waals surface area contributed by atoms with Crippen molar-refractivity contribution in [2.75, 3.05) is 13.7 Å². The molecule has 0 spiro atoms. The fraction of sp³-hybridized carbons (Fsp3) is 0.364. The van der Waals surface area contributed by atoms with Crippen molar-refractivity contribution in [3.63, 3.8) is 0 Å². The number of rotatable bonds is 9. The molecule has 0 unspecified atom stereocenters. The van der Waals surface area contributed by atoms with Crippen LogP contribution in [0.2, 0.25) is 0 Å². The van der Waals surface area contributed by atoms with Gasteiger partial charge in [-0.05, 0) is 41.8 Å². The minimum atomic E-state index is -0.969. The minimum absolute atomic E-state index is 0.0436. The highest BCUT2D eigenvalue weighted by molar-refractivity contribution is 7.99. The highest BCUT2D eigenvalue weighted by Crippen LogP contribution is 2.32. The van der Waals surface area contributed by atoms with Gasteiger partial charge in [0.2, 0.25) is 0 Å². The molecule has 2 aromatic carbocycles. The Labute approximate surface area is 189 Å². The van der Waals surface area contributed by atoms with Crippen LogP contribution < -0.4 is 4.74 Å². The molecular formula is C22H24N2O7S. The molecule has 0 aliphatic carbocycles. The molecule has 10 heteroatoms. The van der Waals surface area contributed by atoms with Crippen LogP contribution in [0.4, 0.5) is 10.5 Å². The molecule has 1 N–H and O–H groups in total. The summed E-state index contributed by atoms with van der Waals surface area (Å²) < 4.78 is 10.5. The van der Waals surface area contributed by atoms with Crippen molar-refractivity contribution in [1.29, 1.82) is 0 Å². The highest BCUT2D eigenvalue weighted by atomic mass is 32.2. The molecule has 1 aliphatic heterocycles. The molecule has 0 radical (unpaired) electrons. The van der Waals surface area contributed by atoms with Gasteiger partial charge in [-0.1, -0.05) is 12.1 Å². The number of likely N-dealkylation sites (tertiary alicyclic amines) is 1. The van der Waals surface area contributed by atoms with Gasteiger partial charge in [-0.3, -0.25) is 14.9 Å². The number of non-ortho nitro benzene ring substituents is 1. The van der Waals surface area contributed by atoms with Crippen LogP contribution in [0.5, 0.6) is 5.75 Å². The zero-order chi connectivity index (χ0) is 23.1. The van der Waals surface area contributed by atoms with Crippen LogP contribution in [0.25, 0.3) is 0 Å². The summed E-state index contributed by atoms with van der Waals surface area (Å²) in [6.45, 7) is 0.356. The van der Waals surface area contributed by atoms with E-state index in [0.717, 1.165) is 17.1 Å². The highest BCUT2D eigenvalue weighted by Gasteiger charge is 2.37. The van der Waals surface area contributed by atoms with Crippen molar-refractivity contribution >= 4 is 29.5 Å². The number of nitro groups is 1. The fourth-order valence-electron chi connectivity index (χ4n) is 3.49. The number of carbonyl (C=O) groups is 2. The van der Waals surface area contributed by atoms with E-state index in [1.807, 2.05) is 24.3 Å². The first-order valence-electron chi connectivity index (χ1n) is 9.98. The summed E-state index contributed by atoms with van der Waals surface area (Å²) in [4.78, 5) is 35.7. The zero-order valence-electron chi connectivity index (χ0n) is 17.5. The van der Waals surface area contributed by atoms with E-state index < -0.39 is 23.0 Å². The summed E-state index contributed by atoms with van der Waals surface area (Å²) >= 11 is 1.67. The molecule has 0 aromatic heterocycles. The summed E-state index contributed by atoms with van der Waals surface area (Å²) in [6.07, 6.45) is -0.159. The van der Waals surface area contributed by atoms with E-state index >= 15 is 0 Å². The number of hydrogen-bond donors (Lipinski definition) is 1. The lowest BCUT2D eigenvalue weighted by Crippen LogP contribution is -2.37. The van der Waals surface area contributed by atoms with E-state index in [4.69, 9.17) is 9.47 Å². The number of ether oxygens (including phenoxy) is 2. The SMILES string of the molecule is COc1ccc(CS[C@H]2C[C@@H](CC(=O)O)N(C(=O)OCc3ccc([N+](=O)[O-])cc3)C2)cc1. The summed E-state index contributed by atoms with van der Waals surface area (Å²) in [5.74, 6) is 0.548. The monoisotopic (exact) mass is 460 g/mol. The molecule has 1 heterocycles. The first-order chi connectivity index (χ1) is 15.4. The molecule has 3 rings (SSSR count). The van der Waals surface area contributed by atoms with Crippen LogP contribution in [0.15, 0.2) is 48.5 Å². The van der Waals surface area contributed by atoms with Gasteiger partial charge < -0.3 is 19.5 Å². The Kier molecular flexibility index (Phi) is 7.93. The summed E-state index contributed by atoms with van der Waals surface area (Å²) in [5.41, 5.74) is 1.69. The number of methoxy groups -OCH3 is 1. The molecule has 1 aliphatic rings. The Morgan fingerprint density at radius 3 is 2.41 bits per heavy atom. The maximum atomic E-state index is 12.7. The van der Waals surface area contributed by atoms with Crippen LogP contribution in [-0.2, 0) is 21.9 Å². The predicted octanol–water partition coefficient (Wildman–Crippen LogP) is 4.09. The Morgan fingerprint density at radius 2 is 1.81 bits per heavy atom. The predicted molar refractivity (Wildman–Crippen MR) is 119 cm³/mol. The Balaban J connectivity index is 1.56. The molecule has 32 heavy (non-hydrogen) atoms. The number of aliphatic carboxylic acids is 1. The van der Waals surface area contributed by atoms with E-state index in [9.17, 15) is 24.8 Å². The van der Waals surface area contributed by atoms with Crippen LogP contribution in [0, 0.1) is 10.1 Å². The lowest BCUT2D eigenvalue weighted by atomic mass is 10.1. The van der Waals surface area contributed by atoms with Gasteiger partial charge in [0.05, 0.1) is 18.5 Å². The van der Waals surface area contributed by atoms with Gasteiger partial charge in [0.15, 0.2) is 0 Å². The Morgan fingerprint density at radius 1 is 1.16 bits per heavy atom. The molecule has 2 atom stereocenters. The van der Waals surface area contributed by atoms with Crippen LogP contribution >= 0.6 is 11.8 Å². The number of carboxylic acids is 1. The molecule has 1 fully saturated rings. The second-order valence-corrected chi connectivity index (χ2v) is 8.69. The largest absolute Gasteiger partial charge is 0.497 e. The minimum Gasteiger partial charge on any atom is -0.497 e. The van der Waals surface area contributed by atoms with Gasteiger partial charge in [0.1, 0.15) is 12.4 Å². The second kappa shape index (κ2) is 10.9. The molecular weight excluding hydrogens is 436 g/mol. The third-order valence-corrected chi connectivity index (χ3v) is 6.49. The maximum Gasteiger partial charge on any atom is 0.410 e. The van der Waals surface area contributed by atoms with Crippen molar-refractivity contribution in [2.24, 2.45) is 0 Å². The van der Waals surface area contributed by atoms with E-state index in [2.05, 4.69) is 0 Å². The smallest absolute Gasteiger partial charge is 0.410 e. The molecule has 0 bridgehead atoms.